The van der Waals surface area contributed by atoms with Crippen LogP contribution < -0.4 is 0 Å². The van der Waals surface area contributed by atoms with E-state index >= 15 is 0 Å². The quantitative estimate of drug-likeness (QED) is 0.431. The van der Waals surface area contributed by atoms with E-state index in [9.17, 15) is 14.4 Å². The van der Waals surface area contributed by atoms with Crippen LogP contribution in [0.4, 0.5) is 0 Å². The van der Waals surface area contributed by atoms with Crippen molar-refractivity contribution in [2.45, 2.75) is 13.3 Å². The molecule has 0 unspecified atom stereocenters. The smallest absolute Gasteiger partial charge is 0.337 e. The first-order valence-electron chi connectivity index (χ1n) is 8.36. The van der Waals surface area contributed by atoms with Crippen LogP contribution in [0, 0.1) is 0 Å². The lowest BCUT2D eigenvalue weighted by Crippen LogP contribution is -2.15. The molecule has 0 atom stereocenters. The van der Waals surface area contributed by atoms with Crippen molar-refractivity contribution in [2.24, 2.45) is 0 Å². The van der Waals surface area contributed by atoms with Gasteiger partial charge in [0.2, 0.25) is 0 Å². The number of carbonyl (C=O) groups is 3. The topological polar surface area (TPSA) is 72.9 Å². The Morgan fingerprint density at radius 3 is 2.69 bits per heavy atom. The van der Waals surface area contributed by atoms with Crippen LogP contribution in [0.1, 0.15) is 23.7 Å². The average Bonchev–Trinajstić information content (AvgIpc) is 3.23. The van der Waals surface area contributed by atoms with E-state index in [-0.39, 0.29) is 18.4 Å². The number of Topliss-reactive ketones (excluding diaryl/α,β-unsaturated/α-hetero) is 1. The first-order chi connectivity index (χ1) is 12.6. The summed E-state index contributed by atoms with van der Waals surface area (Å²) in [6.07, 6.45) is 2.00. The lowest BCUT2D eigenvalue weighted by Gasteiger charge is -2.14. The van der Waals surface area contributed by atoms with Crippen molar-refractivity contribution in [1.29, 1.82) is 0 Å². The highest BCUT2D eigenvalue weighted by molar-refractivity contribution is 8.03. The van der Waals surface area contributed by atoms with Crippen LogP contribution in [-0.2, 0) is 19.1 Å². The van der Waals surface area contributed by atoms with E-state index in [2.05, 4.69) is 0 Å². The molecule has 0 bridgehead atoms. The molecular formula is C19H19NO5S. The molecule has 7 heteroatoms. The van der Waals surface area contributed by atoms with Gasteiger partial charge in [-0.3, -0.25) is 4.79 Å². The van der Waals surface area contributed by atoms with Gasteiger partial charge in [0.15, 0.2) is 12.4 Å². The molecule has 1 fully saturated rings. The predicted molar refractivity (Wildman–Crippen MR) is 97.3 cm³/mol. The molecule has 2 aliphatic heterocycles. The molecular weight excluding hydrogens is 354 g/mol. The normalized spacial score (nSPS) is 17.4. The van der Waals surface area contributed by atoms with E-state index in [4.69, 9.17) is 9.47 Å². The van der Waals surface area contributed by atoms with Crippen LogP contribution in [0.15, 0.2) is 52.7 Å². The number of rotatable bonds is 6. The van der Waals surface area contributed by atoms with Gasteiger partial charge < -0.3 is 14.4 Å². The van der Waals surface area contributed by atoms with Gasteiger partial charge in [0.1, 0.15) is 0 Å². The standard InChI is InChI=1S/C19H19NO5S/c1-2-24-17(22)10-14-12-26-18-15(8-9-20(14)18)19(23)25-11-16(21)13-6-4-3-5-7-13/h3-7,10H,2,8-9,11-12H2,1H3. The molecule has 6 nitrogen and oxygen atoms in total. The van der Waals surface area contributed by atoms with E-state index in [1.807, 2.05) is 11.0 Å². The van der Waals surface area contributed by atoms with Gasteiger partial charge in [-0.15, -0.1) is 11.8 Å². The Morgan fingerprint density at radius 2 is 1.96 bits per heavy atom. The van der Waals surface area contributed by atoms with E-state index < -0.39 is 5.97 Å². The maximum absolute atomic E-state index is 12.4. The van der Waals surface area contributed by atoms with Gasteiger partial charge in [0.05, 0.1) is 17.2 Å². The van der Waals surface area contributed by atoms with Gasteiger partial charge in [-0.05, 0) is 6.92 Å². The van der Waals surface area contributed by atoms with Gasteiger partial charge in [0, 0.05) is 36.1 Å². The number of hydrogen-bond acceptors (Lipinski definition) is 7. The molecule has 1 aromatic rings. The molecule has 3 rings (SSSR count). The van der Waals surface area contributed by atoms with Gasteiger partial charge in [0.25, 0.3) is 0 Å². The lowest BCUT2D eigenvalue weighted by atomic mass is 10.1. The van der Waals surface area contributed by atoms with Crippen molar-refractivity contribution in [1.82, 2.24) is 4.90 Å². The number of nitrogens with zero attached hydrogens (tertiary/aromatic N) is 1. The number of thioether (sulfide) groups is 1. The summed E-state index contributed by atoms with van der Waals surface area (Å²) in [6, 6.07) is 8.73. The van der Waals surface area contributed by atoms with Crippen molar-refractivity contribution in [3.8, 4) is 0 Å². The summed E-state index contributed by atoms with van der Waals surface area (Å²) >= 11 is 1.49. The van der Waals surface area contributed by atoms with Gasteiger partial charge in [-0.2, -0.15) is 0 Å². The maximum Gasteiger partial charge on any atom is 0.337 e. The summed E-state index contributed by atoms with van der Waals surface area (Å²) in [5, 5.41) is 0.803. The summed E-state index contributed by atoms with van der Waals surface area (Å²) in [6.45, 7) is 2.41. The molecule has 26 heavy (non-hydrogen) atoms. The van der Waals surface area contributed by atoms with Crippen molar-refractivity contribution in [2.75, 3.05) is 25.5 Å². The van der Waals surface area contributed by atoms with Crippen molar-refractivity contribution < 1.29 is 23.9 Å². The highest BCUT2D eigenvalue weighted by Crippen LogP contribution is 2.42. The zero-order chi connectivity index (χ0) is 18.5. The number of hydrogen-bond donors (Lipinski definition) is 0. The van der Waals surface area contributed by atoms with Gasteiger partial charge in [-0.1, -0.05) is 30.3 Å². The van der Waals surface area contributed by atoms with Crippen molar-refractivity contribution in [3.05, 3.63) is 58.3 Å². The Bertz CT molecular complexity index is 784. The van der Waals surface area contributed by atoms with Crippen LogP contribution in [0.2, 0.25) is 0 Å². The Morgan fingerprint density at radius 1 is 1.19 bits per heavy atom. The molecule has 0 radical (unpaired) electrons. The molecule has 1 aromatic carbocycles. The molecule has 0 amide bonds. The van der Waals surface area contributed by atoms with Crippen molar-refractivity contribution in [3.63, 3.8) is 0 Å². The number of ether oxygens (including phenoxy) is 2. The summed E-state index contributed by atoms with van der Waals surface area (Å²) in [7, 11) is 0. The third-order valence-corrected chi connectivity index (χ3v) is 5.22. The molecule has 0 aromatic heterocycles. The van der Waals surface area contributed by atoms with Crippen LogP contribution in [0.3, 0.4) is 0 Å². The second kappa shape index (κ2) is 8.23. The zero-order valence-electron chi connectivity index (χ0n) is 14.4. The average molecular weight is 373 g/mol. The Kier molecular flexibility index (Phi) is 5.78. The third-order valence-electron chi connectivity index (χ3n) is 4.04. The minimum atomic E-state index is -0.475. The summed E-state index contributed by atoms with van der Waals surface area (Å²) in [5.41, 5.74) is 1.90. The van der Waals surface area contributed by atoms with Gasteiger partial charge in [-0.25, -0.2) is 9.59 Å². The second-order valence-corrected chi connectivity index (χ2v) is 6.69. The largest absolute Gasteiger partial charge is 0.463 e. The third kappa shape index (κ3) is 3.99. The van der Waals surface area contributed by atoms with E-state index in [1.165, 1.54) is 17.8 Å². The van der Waals surface area contributed by atoms with E-state index in [0.717, 1.165) is 10.7 Å². The molecule has 2 aliphatic rings. The molecule has 0 spiro atoms. The van der Waals surface area contributed by atoms with Crippen LogP contribution in [-0.4, -0.2) is 48.1 Å². The monoisotopic (exact) mass is 373 g/mol. The first-order valence-corrected chi connectivity index (χ1v) is 9.35. The van der Waals surface area contributed by atoms with E-state index in [1.54, 1.807) is 31.2 Å². The molecule has 2 heterocycles. The highest BCUT2D eigenvalue weighted by Gasteiger charge is 2.35. The molecule has 1 saturated heterocycles. The fraction of sp³-hybridized carbons (Fsp3) is 0.316. The highest BCUT2D eigenvalue weighted by atomic mass is 32.2. The SMILES string of the molecule is CCOC(=O)C=C1CSC2=C(C(=O)OCC(=O)c3ccccc3)CCN12. The fourth-order valence-corrected chi connectivity index (χ4v) is 4.06. The zero-order valence-corrected chi connectivity index (χ0v) is 15.2. The predicted octanol–water partition coefficient (Wildman–Crippen LogP) is 2.52. The summed E-state index contributed by atoms with van der Waals surface area (Å²) in [4.78, 5) is 38.0. The number of fused-ring (bicyclic) bond motifs is 1. The number of benzene rings is 1. The van der Waals surface area contributed by atoms with E-state index in [0.29, 0.717) is 36.5 Å². The number of ketones is 1. The van der Waals surface area contributed by atoms with Crippen LogP contribution in [0.25, 0.3) is 0 Å². The van der Waals surface area contributed by atoms with Crippen LogP contribution >= 0.6 is 11.8 Å². The Labute approximate surface area is 155 Å². The fourth-order valence-electron chi connectivity index (χ4n) is 2.81. The number of esters is 2. The molecule has 0 N–H and O–H groups in total. The Hall–Kier alpha value is -2.54. The summed E-state index contributed by atoms with van der Waals surface area (Å²) < 4.78 is 10.1. The maximum atomic E-state index is 12.4. The second-order valence-electron chi connectivity index (χ2n) is 5.73. The molecule has 0 saturated carbocycles. The Balaban J connectivity index is 1.63. The van der Waals surface area contributed by atoms with Gasteiger partial charge >= 0.3 is 11.9 Å². The summed E-state index contributed by atoms with van der Waals surface area (Å²) in [5.74, 6) is -0.486. The van der Waals surface area contributed by atoms with Crippen LogP contribution in [0.5, 0.6) is 0 Å². The minimum Gasteiger partial charge on any atom is -0.463 e. The van der Waals surface area contributed by atoms with Crippen molar-refractivity contribution >= 4 is 29.5 Å². The number of carbonyl (C=O) groups excluding carboxylic acids is 3. The molecule has 136 valence electrons. The first kappa shape index (κ1) is 18.3. The minimum absolute atomic E-state index is 0.235. The lowest BCUT2D eigenvalue weighted by molar-refractivity contribution is -0.138. The molecule has 0 aliphatic carbocycles.